The van der Waals surface area contributed by atoms with E-state index < -0.39 is 0 Å². The van der Waals surface area contributed by atoms with Crippen LogP contribution in [0, 0.1) is 0 Å². The van der Waals surface area contributed by atoms with Crippen molar-refractivity contribution in [3.63, 3.8) is 0 Å². The molecule has 2 rings (SSSR count). The third-order valence-corrected chi connectivity index (χ3v) is 4.26. The van der Waals surface area contributed by atoms with E-state index in [1.54, 1.807) is 7.11 Å². The van der Waals surface area contributed by atoms with E-state index in [2.05, 4.69) is 13.0 Å². The Bertz CT molecular complexity index is 340. The number of fused-ring (bicyclic) bond motifs is 1. The van der Waals surface area contributed by atoms with E-state index in [9.17, 15) is 0 Å². The minimum Gasteiger partial charge on any atom is -0.496 e. The van der Waals surface area contributed by atoms with Crippen LogP contribution in [0.2, 0.25) is 0 Å². The largest absolute Gasteiger partial charge is 0.496 e. The van der Waals surface area contributed by atoms with E-state index in [1.807, 2.05) is 23.9 Å². The van der Waals surface area contributed by atoms with Gasteiger partial charge < -0.3 is 10.5 Å². The molecule has 14 heavy (non-hydrogen) atoms. The zero-order valence-corrected chi connectivity index (χ0v) is 9.30. The molecule has 1 aromatic carbocycles. The molecular formula is C11H15NOS. The van der Waals surface area contributed by atoms with Gasteiger partial charge in [-0.3, -0.25) is 0 Å². The number of ether oxygens (including phenoxy) is 1. The Morgan fingerprint density at radius 3 is 2.93 bits per heavy atom. The van der Waals surface area contributed by atoms with Gasteiger partial charge in [0.2, 0.25) is 0 Å². The first-order valence-corrected chi connectivity index (χ1v) is 5.75. The Morgan fingerprint density at radius 2 is 2.29 bits per heavy atom. The summed E-state index contributed by atoms with van der Waals surface area (Å²) in [4.78, 5) is 1.23. The third kappa shape index (κ3) is 1.41. The quantitative estimate of drug-likeness (QED) is 0.813. The number of hydrogen-bond acceptors (Lipinski definition) is 3. The molecule has 3 heteroatoms. The first-order valence-electron chi connectivity index (χ1n) is 4.87. The molecule has 1 aromatic rings. The molecule has 0 radical (unpaired) electrons. The van der Waals surface area contributed by atoms with Gasteiger partial charge in [0, 0.05) is 11.3 Å². The van der Waals surface area contributed by atoms with Gasteiger partial charge in [0.05, 0.1) is 12.0 Å². The van der Waals surface area contributed by atoms with Crippen LogP contribution in [0.4, 0.5) is 0 Å². The number of hydrogen-bond donors (Lipinski definition) is 1. The van der Waals surface area contributed by atoms with Crippen LogP contribution in [-0.2, 0) is 0 Å². The lowest BCUT2D eigenvalue weighted by atomic mass is 10.0. The van der Waals surface area contributed by atoms with Gasteiger partial charge in [-0.05, 0) is 18.1 Å². The SMILES string of the molecule is CCC1Sc2c(OC)cccc2C1N. The van der Waals surface area contributed by atoms with Crippen molar-refractivity contribution >= 4 is 11.8 Å². The third-order valence-electron chi connectivity index (χ3n) is 2.66. The molecule has 0 bridgehead atoms. The van der Waals surface area contributed by atoms with Crippen LogP contribution in [0.15, 0.2) is 23.1 Å². The minimum atomic E-state index is 0.162. The van der Waals surface area contributed by atoms with Crippen LogP contribution in [0.3, 0.4) is 0 Å². The molecule has 0 aromatic heterocycles. The summed E-state index contributed by atoms with van der Waals surface area (Å²) in [5, 5.41) is 0.501. The van der Waals surface area contributed by atoms with Gasteiger partial charge in [-0.2, -0.15) is 0 Å². The number of nitrogens with two attached hydrogens (primary N) is 1. The first kappa shape index (κ1) is 9.87. The Balaban J connectivity index is 2.42. The van der Waals surface area contributed by atoms with E-state index in [0.29, 0.717) is 5.25 Å². The normalized spacial score (nSPS) is 24.8. The van der Waals surface area contributed by atoms with Crippen molar-refractivity contribution in [3.8, 4) is 5.75 Å². The lowest BCUT2D eigenvalue weighted by Gasteiger charge is -2.11. The molecule has 1 heterocycles. The van der Waals surface area contributed by atoms with Crippen molar-refractivity contribution in [2.75, 3.05) is 7.11 Å². The van der Waals surface area contributed by atoms with Gasteiger partial charge in [0.25, 0.3) is 0 Å². The first-order chi connectivity index (χ1) is 6.77. The van der Waals surface area contributed by atoms with Gasteiger partial charge in [0.15, 0.2) is 0 Å². The zero-order chi connectivity index (χ0) is 10.1. The number of rotatable bonds is 2. The van der Waals surface area contributed by atoms with E-state index in [-0.39, 0.29) is 6.04 Å². The highest BCUT2D eigenvalue weighted by Crippen LogP contribution is 2.48. The lowest BCUT2D eigenvalue weighted by molar-refractivity contribution is 0.404. The summed E-state index contributed by atoms with van der Waals surface area (Å²) in [7, 11) is 1.71. The van der Waals surface area contributed by atoms with Gasteiger partial charge in [-0.1, -0.05) is 19.1 Å². The van der Waals surface area contributed by atoms with Crippen molar-refractivity contribution < 1.29 is 4.74 Å². The molecule has 0 aliphatic carbocycles. The fraction of sp³-hybridized carbons (Fsp3) is 0.455. The molecule has 2 nitrogen and oxygen atoms in total. The number of benzene rings is 1. The summed E-state index contributed by atoms with van der Waals surface area (Å²) in [5.41, 5.74) is 7.39. The fourth-order valence-corrected chi connectivity index (χ4v) is 3.21. The Hall–Kier alpha value is -0.670. The predicted octanol–water partition coefficient (Wildman–Crippen LogP) is 2.58. The molecule has 0 amide bonds. The van der Waals surface area contributed by atoms with E-state index in [1.165, 1.54) is 10.5 Å². The standard InChI is InChI=1S/C11H15NOS/c1-3-9-10(12)7-5-4-6-8(13-2)11(7)14-9/h4-6,9-10H,3,12H2,1-2H3. The molecular weight excluding hydrogens is 194 g/mol. The summed E-state index contributed by atoms with van der Waals surface area (Å²) in [6.45, 7) is 2.18. The average molecular weight is 209 g/mol. The maximum Gasteiger partial charge on any atom is 0.132 e. The minimum absolute atomic E-state index is 0.162. The number of thioether (sulfide) groups is 1. The van der Waals surface area contributed by atoms with Crippen LogP contribution < -0.4 is 10.5 Å². The molecule has 76 valence electrons. The summed E-state index contributed by atoms with van der Waals surface area (Å²) in [6, 6.07) is 6.27. The van der Waals surface area contributed by atoms with Gasteiger partial charge in [-0.25, -0.2) is 0 Å². The molecule has 0 spiro atoms. The molecule has 0 saturated carbocycles. The van der Waals surface area contributed by atoms with Crippen LogP contribution in [0.1, 0.15) is 24.9 Å². The van der Waals surface area contributed by atoms with E-state index >= 15 is 0 Å². The van der Waals surface area contributed by atoms with Crippen molar-refractivity contribution in [1.29, 1.82) is 0 Å². The van der Waals surface area contributed by atoms with Gasteiger partial charge in [-0.15, -0.1) is 11.8 Å². The Morgan fingerprint density at radius 1 is 1.50 bits per heavy atom. The van der Waals surface area contributed by atoms with Crippen LogP contribution in [0.5, 0.6) is 5.75 Å². The highest BCUT2D eigenvalue weighted by molar-refractivity contribution is 8.00. The molecule has 0 saturated heterocycles. The fourth-order valence-electron chi connectivity index (χ4n) is 1.84. The molecule has 1 aliphatic heterocycles. The van der Waals surface area contributed by atoms with Gasteiger partial charge in [0.1, 0.15) is 5.75 Å². The van der Waals surface area contributed by atoms with Crippen molar-refractivity contribution in [2.24, 2.45) is 5.73 Å². The Kier molecular flexibility index (Phi) is 2.70. The predicted molar refractivity (Wildman–Crippen MR) is 59.9 cm³/mol. The maximum atomic E-state index is 6.15. The number of methoxy groups -OCH3 is 1. The van der Waals surface area contributed by atoms with E-state index in [4.69, 9.17) is 10.5 Å². The summed E-state index contributed by atoms with van der Waals surface area (Å²) < 4.78 is 5.32. The molecule has 2 atom stereocenters. The van der Waals surface area contributed by atoms with Crippen molar-refractivity contribution in [3.05, 3.63) is 23.8 Å². The smallest absolute Gasteiger partial charge is 0.132 e. The average Bonchev–Trinajstić information content (AvgIpc) is 2.55. The van der Waals surface area contributed by atoms with Gasteiger partial charge >= 0.3 is 0 Å². The summed E-state index contributed by atoms with van der Waals surface area (Å²) in [6.07, 6.45) is 1.10. The highest BCUT2D eigenvalue weighted by atomic mass is 32.2. The molecule has 0 fully saturated rings. The monoisotopic (exact) mass is 209 g/mol. The second-order valence-corrected chi connectivity index (χ2v) is 4.72. The lowest BCUT2D eigenvalue weighted by Crippen LogP contribution is -2.18. The second kappa shape index (κ2) is 3.83. The zero-order valence-electron chi connectivity index (χ0n) is 8.49. The second-order valence-electron chi connectivity index (χ2n) is 3.47. The highest BCUT2D eigenvalue weighted by Gasteiger charge is 2.31. The Labute approximate surface area is 88.8 Å². The van der Waals surface area contributed by atoms with E-state index in [0.717, 1.165) is 12.2 Å². The van der Waals surface area contributed by atoms with Crippen LogP contribution in [-0.4, -0.2) is 12.4 Å². The molecule has 2 N–H and O–H groups in total. The van der Waals surface area contributed by atoms with Crippen LogP contribution in [0.25, 0.3) is 0 Å². The van der Waals surface area contributed by atoms with Crippen molar-refractivity contribution in [2.45, 2.75) is 29.5 Å². The topological polar surface area (TPSA) is 35.2 Å². The summed E-state index contributed by atoms with van der Waals surface area (Å²) >= 11 is 1.85. The van der Waals surface area contributed by atoms with Crippen molar-refractivity contribution in [1.82, 2.24) is 0 Å². The van der Waals surface area contributed by atoms with Crippen LogP contribution >= 0.6 is 11.8 Å². The molecule has 2 unspecified atom stereocenters. The maximum absolute atomic E-state index is 6.15. The summed E-state index contributed by atoms with van der Waals surface area (Å²) in [5.74, 6) is 0.957. The molecule has 1 aliphatic rings.